The van der Waals surface area contributed by atoms with Gasteiger partial charge in [0.05, 0.1) is 0 Å². The Balaban J connectivity index is 2.53. The van der Waals surface area contributed by atoms with Crippen molar-refractivity contribution in [2.45, 2.75) is 32.7 Å². The van der Waals surface area contributed by atoms with Crippen molar-refractivity contribution < 1.29 is 0 Å². The summed E-state index contributed by atoms with van der Waals surface area (Å²) in [6, 6.07) is 6.39. The summed E-state index contributed by atoms with van der Waals surface area (Å²) in [6.45, 7) is 4.36. The molecular weight excluding hydrogens is 228 g/mol. The average molecular weight is 243 g/mol. The quantitative estimate of drug-likeness (QED) is 0.819. The molecule has 0 amide bonds. The van der Waals surface area contributed by atoms with Gasteiger partial charge in [-0.05, 0) is 41.4 Å². The second-order valence-electron chi connectivity index (χ2n) is 3.18. The Labute approximate surface area is 87.9 Å². The predicted octanol–water partition coefficient (Wildman–Crippen LogP) is 3.44. The van der Waals surface area contributed by atoms with Gasteiger partial charge in [0.25, 0.3) is 0 Å². The third kappa shape index (κ3) is 3.77. The lowest BCUT2D eigenvalue weighted by Gasteiger charge is -2.12. The van der Waals surface area contributed by atoms with Gasteiger partial charge in [0, 0.05) is 6.04 Å². The molecule has 0 bridgehead atoms. The highest BCUT2D eigenvalue weighted by Crippen LogP contribution is 2.12. The molecule has 1 unspecified atom stereocenters. The standard InChI is InChI=1S/C10H15BrN2/c1-3-5-8(2)12-10-7-4-6-9(11)13-10/h4,6-8H,3,5H2,1-2H3,(H,12,13). The van der Waals surface area contributed by atoms with Crippen LogP contribution in [0.25, 0.3) is 0 Å². The molecule has 72 valence electrons. The van der Waals surface area contributed by atoms with Crippen molar-refractivity contribution in [3.8, 4) is 0 Å². The number of hydrogen-bond donors (Lipinski definition) is 1. The van der Waals surface area contributed by atoms with Crippen LogP contribution < -0.4 is 5.32 Å². The number of nitrogens with zero attached hydrogens (tertiary/aromatic N) is 1. The maximum atomic E-state index is 4.30. The summed E-state index contributed by atoms with van der Waals surface area (Å²) in [7, 11) is 0. The van der Waals surface area contributed by atoms with E-state index < -0.39 is 0 Å². The fourth-order valence-electron chi connectivity index (χ4n) is 1.25. The van der Waals surface area contributed by atoms with Crippen LogP contribution in [0.4, 0.5) is 5.82 Å². The second kappa shape index (κ2) is 5.22. The van der Waals surface area contributed by atoms with E-state index >= 15 is 0 Å². The van der Waals surface area contributed by atoms with Crippen LogP contribution in [-0.2, 0) is 0 Å². The number of hydrogen-bond acceptors (Lipinski definition) is 2. The summed E-state index contributed by atoms with van der Waals surface area (Å²) in [5.41, 5.74) is 0. The molecule has 0 saturated heterocycles. The van der Waals surface area contributed by atoms with Crippen molar-refractivity contribution in [3.05, 3.63) is 22.8 Å². The summed E-state index contributed by atoms with van der Waals surface area (Å²) < 4.78 is 0.876. The lowest BCUT2D eigenvalue weighted by molar-refractivity contribution is 0.687. The Hall–Kier alpha value is -0.570. The van der Waals surface area contributed by atoms with Crippen molar-refractivity contribution in [3.63, 3.8) is 0 Å². The molecule has 1 N–H and O–H groups in total. The molecule has 2 nitrogen and oxygen atoms in total. The normalized spacial score (nSPS) is 12.5. The van der Waals surface area contributed by atoms with Crippen LogP contribution >= 0.6 is 15.9 Å². The van der Waals surface area contributed by atoms with Gasteiger partial charge in [-0.15, -0.1) is 0 Å². The zero-order valence-electron chi connectivity index (χ0n) is 8.05. The lowest BCUT2D eigenvalue weighted by atomic mass is 10.2. The molecule has 1 aromatic heterocycles. The zero-order valence-corrected chi connectivity index (χ0v) is 9.63. The molecule has 0 spiro atoms. The van der Waals surface area contributed by atoms with Gasteiger partial charge in [0.2, 0.25) is 0 Å². The van der Waals surface area contributed by atoms with Crippen LogP contribution in [0.15, 0.2) is 22.8 Å². The van der Waals surface area contributed by atoms with E-state index in [1.807, 2.05) is 18.2 Å². The molecule has 0 radical (unpaired) electrons. The van der Waals surface area contributed by atoms with Crippen LogP contribution in [-0.4, -0.2) is 11.0 Å². The maximum Gasteiger partial charge on any atom is 0.127 e. The zero-order chi connectivity index (χ0) is 9.68. The Bertz CT molecular complexity index is 263. The van der Waals surface area contributed by atoms with Gasteiger partial charge in [-0.1, -0.05) is 19.4 Å². The smallest absolute Gasteiger partial charge is 0.127 e. The van der Waals surface area contributed by atoms with Gasteiger partial charge >= 0.3 is 0 Å². The first kappa shape index (κ1) is 10.5. The van der Waals surface area contributed by atoms with E-state index in [-0.39, 0.29) is 0 Å². The van der Waals surface area contributed by atoms with E-state index in [0.29, 0.717) is 6.04 Å². The van der Waals surface area contributed by atoms with E-state index in [9.17, 15) is 0 Å². The van der Waals surface area contributed by atoms with E-state index in [4.69, 9.17) is 0 Å². The second-order valence-corrected chi connectivity index (χ2v) is 3.99. The van der Waals surface area contributed by atoms with Crippen LogP contribution in [0.3, 0.4) is 0 Å². The van der Waals surface area contributed by atoms with E-state index in [1.54, 1.807) is 0 Å². The van der Waals surface area contributed by atoms with E-state index in [2.05, 4.69) is 40.1 Å². The molecule has 13 heavy (non-hydrogen) atoms. The molecule has 1 aromatic rings. The molecule has 0 aliphatic carbocycles. The van der Waals surface area contributed by atoms with Gasteiger partial charge in [-0.2, -0.15) is 0 Å². The third-order valence-corrected chi connectivity index (χ3v) is 2.27. The summed E-state index contributed by atoms with van der Waals surface area (Å²) >= 11 is 3.34. The Morgan fingerprint density at radius 2 is 2.31 bits per heavy atom. The van der Waals surface area contributed by atoms with Crippen molar-refractivity contribution in [1.29, 1.82) is 0 Å². The molecule has 1 atom stereocenters. The molecule has 1 rings (SSSR count). The minimum atomic E-state index is 0.492. The molecule has 1 heterocycles. The highest BCUT2D eigenvalue weighted by Gasteiger charge is 2.00. The first-order valence-corrected chi connectivity index (χ1v) is 5.40. The third-order valence-electron chi connectivity index (χ3n) is 1.83. The van der Waals surface area contributed by atoms with Gasteiger partial charge in [-0.25, -0.2) is 4.98 Å². The SMILES string of the molecule is CCCC(C)Nc1cccc(Br)n1. The minimum Gasteiger partial charge on any atom is -0.368 e. The first-order chi connectivity index (χ1) is 6.22. The Kier molecular flexibility index (Phi) is 4.22. The lowest BCUT2D eigenvalue weighted by Crippen LogP contribution is -2.15. The van der Waals surface area contributed by atoms with Gasteiger partial charge in [-0.3, -0.25) is 0 Å². The molecule has 3 heteroatoms. The average Bonchev–Trinajstić information content (AvgIpc) is 2.04. The van der Waals surface area contributed by atoms with Crippen LogP contribution in [0.2, 0.25) is 0 Å². The predicted molar refractivity (Wildman–Crippen MR) is 59.9 cm³/mol. The highest BCUT2D eigenvalue weighted by molar-refractivity contribution is 9.10. The van der Waals surface area contributed by atoms with Crippen LogP contribution in [0.1, 0.15) is 26.7 Å². The van der Waals surface area contributed by atoms with Crippen LogP contribution in [0, 0.1) is 0 Å². The fraction of sp³-hybridized carbons (Fsp3) is 0.500. The number of anilines is 1. The van der Waals surface area contributed by atoms with Crippen molar-refractivity contribution in [2.75, 3.05) is 5.32 Å². The van der Waals surface area contributed by atoms with Gasteiger partial charge < -0.3 is 5.32 Å². The van der Waals surface area contributed by atoms with Crippen LogP contribution in [0.5, 0.6) is 0 Å². The molecule has 0 aromatic carbocycles. The number of aromatic nitrogens is 1. The van der Waals surface area contributed by atoms with Crippen molar-refractivity contribution >= 4 is 21.7 Å². The highest BCUT2D eigenvalue weighted by atomic mass is 79.9. The monoisotopic (exact) mass is 242 g/mol. The largest absolute Gasteiger partial charge is 0.368 e. The molecule has 0 aliphatic rings. The molecular formula is C10H15BrN2. The van der Waals surface area contributed by atoms with Gasteiger partial charge in [0.15, 0.2) is 0 Å². The number of rotatable bonds is 4. The number of halogens is 1. The summed E-state index contributed by atoms with van der Waals surface area (Å²) in [5, 5.41) is 3.34. The number of pyridine rings is 1. The first-order valence-electron chi connectivity index (χ1n) is 4.61. The van der Waals surface area contributed by atoms with E-state index in [0.717, 1.165) is 10.4 Å². The summed E-state index contributed by atoms with van der Waals surface area (Å²) in [4.78, 5) is 4.30. The molecule has 0 saturated carbocycles. The topological polar surface area (TPSA) is 24.9 Å². The minimum absolute atomic E-state index is 0.492. The Morgan fingerprint density at radius 3 is 2.92 bits per heavy atom. The Morgan fingerprint density at radius 1 is 1.54 bits per heavy atom. The summed E-state index contributed by atoms with van der Waals surface area (Å²) in [6.07, 6.45) is 2.37. The summed E-state index contributed by atoms with van der Waals surface area (Å²) in [5.74, 6) is 0.940. The molecule has 0 aliphatic heterocycles. The van der Waals surface area contributed by atoms with Crippen molar-refractivity contribution in [1.82, 2.24) is 4.98 Å². The number of nitrogens with one attached hydrogen (secondary N) is 1. The van der Waals surface area contributed by atoms with Gasteiger partial charge in [0.1, 0.15) is 10.4 Å². The van der Waals surface area contributed by atoms with Crippen molar-refractivity contribution in [2.24, 2.45) is 0 Å². The maximum absolute atomic E-state index is 4.30. The fourth-order valence-corrected chi connectivity index (χ4v) is 1.59. The van der Waals surface area contributed by atoms with E-state index in [1.165, 1.54) is 12.8 Å². The molecule has 0 fully saturated rings.